The first-order valence-electron chi connectivity index (χ1n) is 6.15. The topological polar surface area (TPSA) is 0 Å². The predicted octanol–water partition coefficient (Wildman–Crippen LogP) is 4.64. The zero-order chi connectivity index (χ0) is 12.2. The van der Waals surface area contributed by atoms with E-state index in [1.807, 2.05) is 0 Å². The summed E-state index contributed by atoms with van der Waals surface area (Å²) >= 11 is 0. The van der Waals surface area contributed by atoms with Crippen LogP contribution in [0, 0.1) is 0 Å². The van der Waals surface area contributed by atoms with Gasteiger partial charge in [-0.1, -0.05) is 84.9 Å². The van der Waals surface area contributed by atoms with E-state index in [1.54, 1.807) is 0 Å². The molecule has 0 spiro atoms. The minimum Gasteiger partial charge on any atom is -0.0622 e. The van der Waals surface area contributed by atoms with Crippen molar-refractivity contribution in [2.75, 3.05) is 0 Å². The Balaban J connectivity index is 0.00000133. The summed E-state index contributed by atoms with van der Waals surface area (Å²) in [6, 6.07) is 29.6. The van der Waals surface area contributed by atoms with Crippen LogP contribution in [0.4, 0.5) is 0 Å². The van der Waals surface area contributed by atoms with E-state index >= 15 is 0 Å². The molecule has 0 aliphatic rings. The standard InChI is InChI=1S/C18H14.Na/c1-3-9-15(10-4-1)17-13-7-8-14-18(17)16-11-5-2-6-12-16;/h1-14H;. The number of benzene rings is 3. The summed E-state index contributed by atoms with van der Waals surface area (Å²) < 4.78 is 0. The number of hydrogen-bond donors (Lipinski definition) is 0. The van der Waals surface area contributed by atoms with Gasteiger partial charge in [0.2, 0.25) is 0 Å². The summed E-state index contributed by atoms with van der Waals surface area (Å²) in [7, 11) is 0. The summed E-state index contributed by atoms with van der Waals surface area (Å²) in [6.45, 7) is 0. The SMILES string of the molecule is [Na].c1ccc(-c2ccccc2-c2ccccc2)cc1. The Morgan fingerprint density at radius 1 is 0.368 bits per heavy atom. The van der Waals surface area contributed by atoms with Crippen LogP contribution in [0.5, 0.6) is 0 Å². The molecule has 87 valence electrons. The van der Waals surface area contributed by atoms with Crippen molar-refractivity contribution >= 4 is 29.6 Å². The Labute approximate surface area is 136 Å². The minimum atomic E-state index is 0. The summed E-state index contributed by atoms with van der Waals surface area (Å²) in [4.78, 5) is 0. The fraction of sp³-hybridized carbons (Fsp3) is 0. The molecule has 0 aliphatic heterocycles. The van der Waals surface area contributed by atoms with E-state index in [1.165, 1.54) is 22.3 Å². The van der Waals surface area contributed by atoms with Crippen LogP contribution in [0.1, 0.15) is 0 Å². The maximum atomic E-state index is 2.18. The smallest absolute Gasteiger partial charge is 0 e. The van der Waals surface area contributed by atoms with Gasteiger partial charge in [0.05, 0.1) is 0 Å². The largest absolute Gasteiger partial charge is 0.0622 e. The Kier molecular flexibility index (Phi) is 4.98. The zero-order valence-electron chi connectivity index (χ0n) is 11.1. The van der Waals surface area contributed by atoms with Gasteiger partial charge < -0.3 is 0 Å². The molecule has 0 saturated heterocycles. The van der Waals surface area contributed by atoms with Gasteiger partial charge >= 0.3 is 0 Å². The van der Waals surface area contributed by atoms with Crippen LogP contribution in [0.2, 0.25) is 0 Å². The van der Waals surface area contributed by atoms with Crippen molar-refractivity contribution in [3.63, 3.8) is 0 Å². The first-order chi connectivity index (χ1) is 8.95. The second-order valence-corrected chi connectivity index (χ2v) is 4.28. The molecule has 0 heterocycles. The third-order valence-corrected chi connectivity index (χ3v) is 3.10. The van der Waals surface area contributed by atoms with Crippen molar-refractivity contribution in [1.82, 2.24) is 0 Å². The maximum Gasteiger partial charge on any atom is 0 e. The monoisotopic (exact) mass is 253 g/mol. The second kappa shape index (κ2) is 6.72. The number of hydrogen-bond acceptors (Lipinski definition) is 0. The Hall–Kier alpha value is -1.34. The normalized spacial score (nSPS) is 9.68. The molecule has 0 saturated carbocycles. The second-order valence-electron chi connectivity index (χ2n) is 4.28. The van der Waals surface area contributed by atoms with E-state index < -0.39 is 0 Å². The van der Waals surface area contributed by atoms with Crippen LogP contribution < -0.4 is 0 Å². The van der Waals surface area contributed by atoms with Crippen molar-refractivity contribution in [2.24, 2.45) is 0 Å². The van der Waals surface area contributed by atoms with E-state index in [2.05, 4.69) is 84.9 Å². The zero-order valence-corrected chi connectivity index (χ0v) is 13.1. The predicted molar refractivity (Wildman–Crippen MR) is 83.1 cm³/mol. The molecule has 3 aromatic rings. The molecular formula is C18H14Na. The maximum absolute atomic E-state index is 2.18. The molecule has 3 aromatic carbocycles. The van der Waals surface area contributed by atoms with Crippen molar-refractivity contribution in [3.8, 4) is 22.3 Å². The third-order valence-electron chi connectivity index (χ3n) is 3.10. The molecule has 0 bridgehead atoms. The molecule has 0 aromatic heterocycles. The molecule has 0 N–H and O–H groups in total. The van der Waals surface area contributed by atoms with Gasteiger partial charge in [0.25, 0.3) is 0 Å². The van der Waals surface area contributed by atoms with E-state index in [9.17, 15) is 0 Å². The molecule has 0 unspecified atom stereocenters. The first kappa shape index (κ1) is 14.1. The van der Waals surface area contributed by atoms with Gasteiger partial charge in [0, 0.05) is 29.6 Å². The Bertz CT molecular complexity index is 572. The average molecular weight is 253 g/mol. The fourth-order valence-electron chi connectivity index (χ4n) is 2.22. The van der Waals surface area contributed by atoms with Gasteiger partial charge in [-0.3, -0.25) is 0 Å². The van der Waals surface area contributed by atoms with E-state index in [4.69, 9.17) is 0 Å². The van der Waals surface area contributed by atoms with Crippen LogP contribution in [-0.2, 0) is 0 Å². The van der Waals surface area contributed by atoms with E-state index in [-0.39, 0.29) is 29.6 Å². The summed E-state index contributed by atoms with van der Waals surface area (Å²) in [5, 5.41) is 0. The van der Waals surface area contributed by atoms with Crippen LogP contribution in [0.15, 0.2) is 84.9 Å². The van der Waals surface area contributed by atoms with Gasteiger partial charge in [-0.25, -0.2) is 0 Å². The van der Waals surface area contributed by atoms with Crippen molar-refractivity contribution in [3.05, 3.63) is 84.9 Å². The Morgan fingerprint density at radius 3 is 1.05 bits per heavy atom. The Morgan fingerprint density at radius 2 is 0.684 bits per heavy atom. The molecule has 0 aliphatic carbocycles. The molecule has 19 heavy (non-hydrogen) atoms. The van der Waals surface area contributed by atoms with E-state index in [0.717, 1.165) is 0 Å². The van der Waals surface area contributed by atoms with Crippen molar-refractivity contribution in [2.45, 2.75) is 0 Å². The van der Waals surface area contributed by atoms with Crippen molar-refractivity contribution < 1.29 is 0 Å². The number of rotatable bonds is 2. The van der Waals surface area contributed by atoms with E-state index in [0.29, 0.717) is 0 Å². The third kappa shape index (κ3) is 3.16. The summed E-state index contributed by atoms with van der Waals surface area (Å²) in [6.07, 6.45) is 0. The first-order valence-corrected chi connectivity index (χ1v) is 6.15. The molecule has 1 heteroatoms. The van der Waals surface area contributed by atoms with Gasteiger partial charge in [-0.2, -0.15) is 0 Å². The van der Waals surface area contributed by atoms with Gasteiger partial charge in [0.15, 0.2) is 0 Å². The summed E-state index contributed by atoms with van der Waals surface area (Å²) in [5.74, 6) is 0. The average Bonchev–Trinajstić information content (AvgIpc) is 2.49. The van der Waals surface area contributed by atoms with Crippen LogP contribution in [-0.4, -0.2) is 29.6 Å². The van der Waals surface area contributed by atoms with Gasteiger partial charge in [-0.15, -0.1) is 0 Å². The molecule has 0 amide bonds. The fourth-order valence-corrected chi connectivity index (χ4v) is 2.22. The molecule has 0 nitrogen and oxygen atoms in total. The quantitative estimate of drug-likeness (QED) is 0.584. The molecule has 1 radical (unpaired) electrons. The molecule has 0 fully saturated rings. The van der Waals surface area contributed by atoms with Crippen molar-refractivity contribution in [1.29, 1.82) is 0 Å². The van der Waals surface area contributed by atoms with Crippen LogP contribution in [0.3, 0.4) is 0 Å². The summed E-state index contributed by atoms with van der Waals surface area (Å²) in [5.41, 5.74) is 5.09. The van der Waals surface area contributed by atoms with Crippen LogP contribution in [0.25, 0.3) is 22.3 Å². The molecular weight excluding hydrogens is 239 g/mol. The van der Waals surface area contributed by atoms with Gasteiger partial charge in [0.1, 0.15) is 0 Å². The molecule has 3 rings (SSSR count). The van der Waals surface area contributed by atoms with Crippen LogP contribution >= 0.6 is 0 Å². The molecule has 0 atom stereocenters. The minimum absolute atomic E-state index is 0. The van der Waals surface area contributed by atoms with Gasteiger partial charge in [-0.05, 0) is 22.3 Å².